The third kappa shape index (κ3) is 27.5. The van der Waals surface area contributed by atoms with Crippen LogP contribution in [0.25, 0.3) is 22.1 Å². The van der Waals surface area contributed by atoms with Crippen molar-refractivity contribution in [2.75, 3.05) is 123 Å². The van der Waals surface area contributed by atoms with Gasteiger partial charge in [0.15, 0.2) is 17.1 Å². The Hall–Kier alpha value is -5.35. The van der Waals surface area contributed by atoms with E-state index in [0.717, 1.165) is 156 Å². The average molecular weight is 1620 g/mol. The lowest BCUT2D eigenvalue weighted by Gasteiger charge is -2.37. The summed E-state index contributed by atoms with van der Waals surface area (Å²) in [4.78, 5) is 66.4. The first-order chi connectivity index (χ1) is 48.7. The van der Waals surface area contributed by atoms with Crippen molar-refractivity contribution < 1.29 is 23.9 Å². The van der Waals surface area contributed by atoms with E-state index in [1.165, 1.54) is 17.5 Å². The minimum atomic E-state index is -0.493. The van der Waals surface area contributed by atoms with Gasteiger partial charge in [0.05, 0.1) is 10.8 Å². The van der Waals surface area contributed by atoms with Crippen LogP contribution in [0, 0.1) is 17.8 Å². The maximum absolute atomic E-state index is 12.4. The number of likely N-dealkylation sites (tertiary alicyclic amines) is 2. The lowest BCUT2D eigenvalue weighted by molar-refractivity contribution is 0.0164. The molecule has 3 aliphatic rings. The Kier molecular flexibility index (Phi) is 36.3. The highest BCUT2D eigenvalue weighted by molar-refractivity contribution is 9.10. The smallest absolute Gasteiger partial charge is 0.410 e. The van der Waals surface area contributed by atoms with Crippen LogP contribution in [0.1, 0.15) is 155 Å². The molecule has 0 aliphatic carbocycles. The van der Waals surface area contributed by atoms with Gasteiger partial charge >= 0.3 is 12.2 Å². The third-order valence-electron chi connectivity index (χ3n) is 18.3. The second-order valence-electron chi connectivity index (χ2n) is 27.4. The zero-order valence-corrected chi connectivity index (χ0v) is 67.9. The number of nitrogens with two attached hydrogens (primary N) is 1. The van der Waals surface area contributed by atoms with E-state index in [4.69, 9.17) is 61.6 Å². The number of ether oxygens (including phenoxy) is 2. The van der Waals surface area contributed by atoms with E-state index < -0.39 is 11.2 Å². The number of carbonyl (C=O) groups excluding carboxylic acids is 3. The van der Waals surface area contributed by atoms with Crippen LogP contribution in [0.3, 0.4) is 0 Å². The topological polar surface area (TPSA) is 248 Å². The Morgan fingerprint density at radius 2 is 0.912 bits per heavy atom. The SMILES string of the molecule is CC(C)(C)OC(=O)N1CCC(C(=O)c2ccc(Cl)cc2)CC1.CCN(CC)CCN.CCN(CC)CCNC(c1ccc(Cl)cc1)C1CCN(C(=O)OC(C)(C)C)CC1.CCN(CC)CCNC(c1ccc(Cl)cc1)C1CCN(c2ncnc3n[nH]c(Br)c23)CC1.Clc1ncnc2n[nH]c(Br)c12. The molecular formula is C74H109Br2Cl4N17O5. The van der Waals surface area contributed by atoms with Gasteiger partial charge in [-0.25, -0.2) is 29.5 Å². The molecule has 7 heterocycles. The molecule has 2 amide bonds. The monoisotopic (exact) mass is 1610 g/mol. The molecule has 0 radical (unpaired) electrons. The number of amides is 2. The highest BCUT2D eigenvalue weighted by atomic mass is 79.9. The molecule has 7 aromatic rings. The minimum absolute atomic E-state index is 0.0418. The van der Waals surface area contributed by atoms with E-state index in [2.05, 4.69) is 168 Å². The predicted molar refractivity (Wildman–Crippen MR) is 422 cm³/mol. The maximum atomic E-state index is 12.4. The fourth-order valence-electron chi connectivity index (χ4n) is 12.5. The normalized spacial score (nSPS) is 15.4. The number of benzene rings is 3. The summed E-state index contributed by atoms with van der Waals surface area (Å²) >= 11 is 30.7. The molecule has 2 unspecified atom stereocenters. The summed E-state index contributed by atoms with van der Waals surface area (Å²) in [5.74, 6) is 2.06. The van der Waals surface area contributed by atoms with E-state index in [1.54, 1.807) is 35.5 Å². The van der Waals surface area contributed by atoms with Gasteiger partial charge in [-0.1, -0.05) is 112 Å². The van der Waals surface area contributed by atoms with Crippen molar-refractivity contribution >= 4 is 124 Å². The van der Waals surface area contributed by atoms with Crippen LogP contribution < -0.4 is 21.3 Å². The number of Topliss-reactive ketones (excluding diaryl/α,β-unsaturated/α-hetero) is 1. The van der Waals surface area contributed by atoms with Crippen LogP contribution in [0.15, 0.2) is 94.7 Å². The molecule has 4 aromatic heterocycles. The molecule has 0 saturated carbocycles. The van der Waals surface area contributed by atoms with Gasteiger partial charge in [-0.3, -0.25) is 15.0 Å². The van der Waals surface area contributed by atoms with Gasteiger partial charge in [0.1, 0.15) is 44.0 Å². The number of rotatable bonds is 23. The van der Waals surface area contributed by atoms with Gasteiger partial charge in [-0.05, 0) is 223 Å². The highest BCUT2D eigenvalue weighted by Gasteiger charge is 2.34. The summed E-state index contributed by atoms with van der Waals surface area (Å²) in [7, 11) is 0. The Bertz CT molecular complexity index is 3590. The number of likely N-dealkylation sites (N-methyl/N-ethyl adjacent to an activating group) is 3. The molecule has 3 aromatic carbocycles. The van der Waals surface area contributed by atoms with E-state index in [1.807, 2.05) is 70.7 Å². The Labute approximate surface area is 641 Å². The van der Waals surface area contributed by atoms with E-state index >= 15 is 0 Å². The van der Waals surface area contributed by atoms with E-state index in [9.17, 15) is 14.4 Å². The maximum Gasteiger partial charge on any atom is 0.410 e. The number of nitrogens with one attached hydrogen (secondary N) is 4. The number of piperidine rings is 3. The van der Waals surface area contributed by atoms with Crippen LogP contribution >= 0.6 is 78.3 Å². The van der Waals surface area contributed by atoms with Crippen molar-refractivity contribution in [3.63, 3.8) is 0 Å². The fourth-order valence-corrected chi connectivity index (χ4v) is 14.1. The Morgan fingerprint density at radius 1 is 0.539 bits per heavy atom. The molecular weight excluding hydrogens is 1510 g/mol. The first-order valence-corrected chi connectivity index (χ1v) is 39.0. The largest absolute Gasteiger partial charge is 0.444 e. The van der Waals surface area contributed by atoms with Crippen LogP contribution in [0.5, 0.6) is 0 Å². The van der Waals surface area contributed by atoms with Crippen LogP contribution in [0.2, 0.25) is 20.2 Å². The molecule has 28 heteroatoms. The van der Waals surface area contributed by atoms with Crippen molar-refractivity contribution in [1.82, 2.24) is 75.5 Å². The lowest BCUT2D eigenvalue weighted by atomic mass is 9.85. The minimum Gasteiger partial charge on any atom is -0.444 e. The van der Waals surface area contributed by atoms with Crippen molar-refractivity contribution in [1.29, 1.82) is 0 Å². The van der Waals surface area contributed by atoms with E-state index in [-0.39, 0.29) is 29.9 Å². The molecule has 3 fully saturated rings. The first-order valence-electron chi connectivity index (χ1n) is 35.9. The van der Waals surface area contributed by atoms with Crippen LogP contribution in [-0.2, 0) is 9.47 Å². The Morgan fingerprint density at radius 3 is 1.30 bits per heavy atom. The van der Waals surface area contributed by atoms with Crippen LogP contribution in [-0.4, -0.2) is 212 Å². The summed E-state index contributed by atoms with van der Waals surface area (Å²) in [6, 6.07) is 24.1. The average Bonchev–Trinajstić information content (AvgIpc) is 1.55. The van der Waals surface area contributed by atoms with Crippen molar-refractivity contribution in [3.8, 4) is 0 Å². The van der Waals surface area contributed by atoms with Crippen molar-refractivity contribution in [3.05, 3.63) is 132 Å². The molecule has 562 valence electrons. The zero-order valence-electron chi connectivity index (χ0n) is 61.7. The van der Waals surface area contributed by atoms with Gasteiger partial charge in [0.2, 0.25) is 0 Å². The number of H-pyrrole nitrogens is 2. The summed E-state index contributed by atoms with van der Waals surface area (Å²) in [5, 5.41) is 25.7. The fraction of sp³-hybridized carbons (Fsp3) is 0.581. The van der Waals surface area contributed by atoms with Gasteiger partial charge < -0.3 is 55.2 Å². The second kappa shape index (κ2) is 43.3. The lowest BCUT2D eigenvalue weighted by Crippen LogP contribution is -2.44. The quantitative estimate of drug-likeness (QED) is 0.0295. The summed E-state index contributed by atoms with van der Waals surface area (Å²) in [6.07, 6.45) is 7.91. The van der Waals surface area contributed by atoms with Gasteiger partial charge in [-0.15, -0.1) is 0 Å². The predicted octanol–water partition coefficient (Wildman–Crippen LogP) is 15.8. The standard InChI is InChI=1S/C23H31BrClN7.C23H38ClN3O2.C17H22ClNO3.C6H16N2.C5H2BrClN4/c1-3-31(4-2)14-11-26-20(16-5-7-18(25)8-6-16)17-9-12-32(13-10-17)23-19-21(24)29-30-22(19)27-15-28-23;1-6-26(7-2)17-14-25-21(18-8-10-20(24)11-9-18)19-12-15-27(16-13-19)22(28)29-23(3,4)5;1-17(2,3)22-16(21)19-10-8-13(9-11-19)15(20)12-4-6-14(18)7-5-12;1-3-8(4-2)6-5-7;6-3-2-4(7)8-1-9-5(2)11-10-3/h5-8,15,17,20,26H,3-4,9-14H2,1-2H3,(H,27,28,29,30);8-11,19,21,25H,6-7,12-17H2,1-5H3;4-7,13H,8-11H2,1-3H3;3-7H2,1-2H3;1H,(H,8,9,10,11). The highest BCUT2D eigenvalue weighted by Crippen LogP contribution is 2.37. The number of fused-ring (bicyclic) bond motifs is 2. The number of ketones is 1. The molecule has 0 spiro atoms. The van der Waals surface area contributed by atoms with Crippen molar-refractivity contribution in [2.45, 2.75) is 145 Å². The zero-order chi connectivity index (χ0) is 74.5. The molecule has 102 heavy (non-hydrogen) atoms. The molecule has 3 aliphatic heterocycles. The molecule has 3 saturated heterocycles. The number of aromatic nitrogens is 8. The number of halogens is 6. The van der Waals surface area contributed by atoms with Gasteiger partial charge in [0.25, 0.3) is 0 Å². The van der Waals surface area contributed by atoms with Gasteiger partial charge in [0, 0.05) is 117 Å². The number of aromatic amines is 2. The molecule has 6 N–H and O–H groups in total. The number of carbonyl (C=O) groups is 3. The summed E-state index contributed by atoms with van der Waals surface area (Å²) in [5.41, 5.74) is 8.92. The molecule has 22 nitrogen and oxygen atoms in total. The van der Waals surface area contributed by atoms with Crippen LogP contribution in [0.4, 0.5) is 15.4 Å². The van der Waals surface area contributed by atoms with Crippen molar-refractivity contribution in [2.24, 2.45) is 23.5 Å². The summed E-state index contributed by atoms with van der Waals surface area (Å²) < 4.78 is 12.4. The van der Waals surface area contributed by atoms with E-state index in [0.29, 0.717) is 80.8 Å². The number of hydrogen-bond acceptors (Lipinski definition) is 18. The Balaban J connectivity index is 0.000000215. The summed E-state index contributed by atoms with van der Waals surface area (Å²) in [6.45, 7) is 41.3. The molecule has 10 rings (SSSR count). The second-order valence-corrected chi connectivity index (χ2v) is 30.7. The number of nitrogens with zero attached hydrogens (tertiary/aromatic N) is 12. The number of anilines is 1. The molecule has 2 atom stereocenters. The first kappa shape index (κ1) is 85.6. The molecule has 0 bridgehead atoms. The van der Waals surface area contributed by atoms with Gasteiger partial charge in [-0.2, -0.15) is 10.2 Å². The number of hydrogen-bond donors (Lipinski definition) is 5. The third-order valence-corrected chi connectivity index (χ3v) is 20.5.